The Kier molecular flexibility index (Phi) is 4.85. The van der Waals surface area contributed by atoms with Crippen molar-refractivity contribution < 1.29 is 13.2 Å². The number of fused-ring (bicyclic) bond motifs is 1. The lowest BCUT2D eigenvalue weighted by molar-refractivity contribution is 0.245. The number of hydrogen-bond acceptors (Lipinski definition) is 5. The fraction of sp³-hybridized carbons (Fsp3) is 0.467. The molecule has 25 heavy (non-hydrogen) atoms. The van der Waals surface area contributed by atoms with E-state index in [2.05, 4.69) is 15.7 Å². The van der Waals surface area contributed by atoms with Gasteiger partial charge in [0.05, 0.1) is 16.6 Å². The smallest absolute Gasteiger partial charge is 0.320 e. The molecule has 136 valence electrons. The van der Waals surface area contributed by atoms with Crippen LogP contribution in [0.5, 0.6) is 0 Å². The van der Waals surface area contributed by atoms with E-state index in [1.807, 2.05) is 19.9 Å². The van der Waals surface area contributed by atoms with Gasteiger partial charge in [0.15, 0.2) is 0 Å². The molecule has 0 aromatic carbocycles. The van der Waals surface area contributed by atoms with Crippen molar-refractivity contribution in [2.45, 2.75) is 37.8 Å². The number of sulfonamides is 1. The predicted octanol–water partition coefficient (Wildman–Crippen LogP) is 2.16. The van der Waals surface area contributed by atoms with E-state index in [9.17, 15) is 13.2 Å². The second-order valence-electron chi connectivity index (χ2n) is 5.98. The Morgan fingerprint density at radius 3 is 2.96 bits per heavy atom. The van der Waals surface area contributed by atoms with E-state index < -0.39 is 10.0 Å². The van der Waals surface area contributed by atoms with E-state index in [1.54, 1.807) is 16.1 Å². The molecule has 2 amide bonds. The molecule has 1 aliphatic rings. The molecular formula is C15H21N5O3S2. The van der Waals surface area contributed by atoms with Gasteiger partial charge in [-0.25, -0.2) is 17.9 Å². The molecule has 1 aliphatic heterocycles. The number of aromatic nitrogens is 2. The molecule has 0 bridgehead atoms. The van der Waals surface area contributed by atoms with Gasteiger partial charge in [0.1, 0.15) is 5.82 Å². The van der Waals surface area contributed by atoms with E-state index in [0.29, 0.717) is 17.2 Å². The largest absolute Gasteiger partial charge is 0.329 e. The van der Waals surface area contributed by atoms with Crippen LogP contribution in [-0.4, -0.2) is 42.1 Å². The maximum absolute atomic E-state index is 12.4. The number of urea groups is 1. The molecule has 10 heteroatoms. The van der Waals surface area contributed by atoms with Crippen LogP contribution in [0.1, 0.15) is 30.0 Å². The van der Waals surface area contributed by atoms with Crippen LogP contribution in [-0.2, 0) is 16.6 Å². The molecule has 8 nitrogen and oxygen atoms in total. The van der Waals surface area contributed by atoms with Crippen molar-refractivity contribution in [2.24, 2.45) is 0 Å². The highest BCUT2D eigenvalue weighted by molar-refractivity contribution is 7.89. The predicted molar refractivity (Wildman–Crippen MR) is 96.3 cm³/mol. The van der Waals surface area contributed by atoms with Crippen LogP contribution in [0.25, 0.3) is 0 Å². The number of nitrogens with zero attached hydrogens (tertiary/aromatic N) is 3. The summed E-state index contributed by atoms with van der Waals surface area (Å²) in [6, 6.07) is 2.63. The Morgan fingerprint density at radius 2 is 2.24 bits per heavy atom. The van der Waals surface area contributed by atoms with E-state index in [1.165, 1.54) is 22.7 Å². The van der Waals surface area contributed by atoms with E-state index in [4.69, 9.17) is 0 Å². The summed E-state index contributed by atoms with van der Waals surface area (Å²) < 4.78 is 27.6. The third-order valence-electron chi connectivity index (χ3n) is 3.99. The number of rotatable bonds is 4. The average Bonchev–Trinajstić information content (AvgIpc) is 3.13. The maximum Gasteiger partial charge on any atom is 0.320 e. The molecule has 2 aromatic rings. The van der Waals surface area contributed by atoms with Gasteiger partial charge in [0.25, 0.3) is 0 Å². The highest BCUT2D eigenvalue weighted by Crippen LogP contribution is 2.35. The number of aryl methyl sites for hydroxylation is 2. The molecule has 2 N–H and O–H groups in total. The van der Waals surface area contributed by atoms with Crippen LogP contribution in [0.3, 0.4) is 0 Å². The van der Waals surface area contributed by atoms with Gasteiger partial charge in [-0.15, -0.1) is 11.3 Å². The summed E-state index contributed by atoms with van der Waals surface area (Å²) in [6.07, 6.45) is 0.904. The van der Waals surface area contributed by atoms with Crippen LogP contribution in [0.2, 0.25) is 0 Å². The first-order chi connectivity index (χ1) is 11.8. The number of nitrogens with one attached hydrogen (secondary N) is 2. The zero-order valence-electron chi connectivity index (χ0n) is 14.3. The first kappa shape index (κ1) is 17.9. The summed E-state index contributed by atoms with van der Waals surface area (Å²) >= 11 is 1.34. The number of anilines is 1. The number of carbonyl (C=O) groups is 1. The molecule has 0 aliphatic carbocycles. The lowest BCUT2D eigenvalue weighted by atomic mass is 10.2. The van der Waals surface area contributed by atoms with Crippen LogP contribution >= 0.6 is 11.3 Å². The summed E-state index contributed by atoms with van der Waals surface area (Å²) in [5.41, 5.74) is 0.827. The van der Waals surface area contributed by atoms with Crippen molar-refractivity contribution in [2.75, 3.05) is 18.9 Å². The minimum Gasteiger partial charge on any atom is -0.329 e. The highest BCUT2D eigenvalue weighted by Gasteiger charge is 2.36. The zero-order chi connectivity index (χ0) is 18.2. The van der Waals surface area contributed by atoms with E-state index in [-0.39, 0.29) is 23.5 Å². The first-order valence-electron chi connectivity index (χ1n) is 7.98. The first-order valence-corrected chi connectivity index (χ1v) is 10.3. The normalized spacial score (nSPS) is 19.4. The average molecular weight is 383 g/mol. The molecule has 0 spiro atoms. The van der Waals surface area contributed by atoms with Gasteiger partial charge >= 0.3 is 6.03 Å². The van der Waals surface area contributed by atoms with Gasteiger partial charge in [-0.2, -0.15) is 9.40 Å². The van der Waals surface area contributed by atoms with Crippen LogP contribution in [0.15, 0.2) is 22.4 Å². The number of amides is 2. The monoisotopic (exact) mass is 383 g/mol. The Bertz CT molecular complexity index is 887. The second-order valence-corrected chi connectivity index (χ2v) is 8.94. The van der Waals surface area contributed by atoms with Crippen molar-refractivity contribution in [3.63, 3.8) is 0 Å². The number of thiophene rings is 1. The van der Waals surface area contributed by atoms with Gasteiger partial charge in [-0.3, -0.25) is 5.32 Å². The molecule has 3 heterocycles. The van der Waals surface area contributed by atoms with Crippen molar-refractivity contribution >= 4 is 33.2 Å². The molecule has 3 rings (SSSR count). The van der Waals surface area contributed by atoms with E-state index in [0.717, 1.165) is 12.1 Å². The van der Waals surface area contributed by atoms with Crippen LogP contribution < -0.4 is 10.6 Å². The topological polar surface area (TPSA) is 96.3 Å². The molecule has 0 saturated heterocycles. The lowest BCUT2D eigenvalue weighted by Gasteiger charge is -2.29. The summed E-state index contributed by atoms with van der Waals surface area (Å²) in [5.74, 6) is 0.625. The third-order valence-corrected chi connectivity index (χ3v) is 7.03. The Labute approximate surface area is 150 Å². The summed E-state index contributed by atoms with van der Waals surface area (Å²) in [5, 5.41) is 11.8. The van der Waals surface area contributed by atoms with Crippen molar-refractivity contribution in [1.29, 1.82) is 0 Å². The van der Waals surface area contributed by atoms with Crippen molar-refractivity contribution in [3.8, 4) is 0 Å². The summed E-state index contributed by atoms with van der Waals surface area (Å²) in [7, 11) is -1.94. The second kappa shape index (κ2) is 6.77. The molecular weight excluding hydrogens is 362 g/mol. The third kappa shape index (κ3) is 3.42. The fourth-order valence-corrected chi connectivity index (χ4v) is 5.53. The maximum atomic E-state index is 12.4. The molecule has 0 radical (unpaired) electrons. The number of carbonyl (C=O) groups excluding carboxylic acids is 1. The summed E-state index contributed by atoms with van der Waals surface area (Å²) in [6.45, 7) is 4.82. The Balaban J connectivity index is 1.76. The van der Waals surface area contributed by atoms with Crippen molar-refractivity contribution in [1.82, 2.24) is 19.4 Å². The fourth-order valence-electron chi connectivity index (χ4n) is 2.83. The SMILES string of the molecule is CCCn1nc(C)cc1NC(=O)N[C@H]1CN(C)S(=O)(=O)c2ccsc21. The number of hydrogen-bond donors (Lipinski definition) is 2. The van der Waals surface area contributed by atoms with Gasteiger partial charge in [0.2, 0.25) is 10.0 Å². The van der Waals surface area contributed by atoms with Crippen LogP contribution in [0, 0.1) is 6.92 Å². The summed E-state index contributed by atoms with van der Waals surface area (Å²) in [4.78, 5) is 13.3. The Morgan fingerprint density at radius 1 is 1.48 bits per heavy atom. The molecule has 2 aromatic heterocycles. The quantitative estimate of drug-likeness (QED) is 0.846. The van der Waals surface area contributed by atoms with Gasteiger partial charge in [0, 0.05) is 31.1 Å². The van der Waals surface area contributed by atoms with Gasteiger partial charge < -0.3 is 5.32 Å². The molecule has 0 unspecified atom stereocenters. The highest BCUT2D eigenvalue weighted by atomic mass is 32.2. The molecule has 0 saturated carbocycles. The molecule has 0 fully saturated rings. The molecule has 1 atom stereocenters. The lowest BCUT2D eigenvalue weighted by Crippen LogP contribution is -2.44. The van der Waals surface area contributed by atoms with E-state index >= 15 is 0 Å². The Hall–Kier alpha value is -1.91. The van der Waals surface area contributed by atoms with Gasteiger partial charge in [-0.1, -0.05) is 6.92 Å². The minimum atomic E-state index is -3.46. The van der Waals surface area contributed by atoms with Crippen LogP contribution in [0.4, 0.5) is 10.6 Å². The van der Waals surface area contributed by atoms with Crippen molar-refractivity contribution in [3.05, 3.63) is 28.1 Å². The minimum absolute atomic E-state index is 0.205. The van der Waals surface area contributed by atoms with Gasteiger partial charge in [-0.05, 0) is 24.8 Å². The number of likely N-dealkylation sites (N-methyl/N-ethyl adjacent to an activating group) is 1. The standard InChI is InChI=1S/C15H21N5O3S2/c1-4-6-20-13(8-10(2)18-20)17-15(21)16-11-9-19(3)25(22,23)12-5-7-24-14(11)12/h5,7-8,11H,4,6,9H2,1-3H3,(H2,16,17,21)/t11-/m0/s1. The zero-order valence-corrected chi connectivity index (χ0v) is 15.9.